The minimum atomic E-state index is -0.343. The summed E-state index contributed by atoms with van der Waals surface area (Å²) in [6.45, 7) is 4.81. The topological polar surface area (TPSA) is 78.5 Å². The Labute approximate surface area is 186 Å². The van der Waals surface area contributed by atoms with Gasteiger partial charge in [-0.25, -0.2) is 0 Å². The van der Waals surface area contributed by atoms with Crippen LogP contribution in [0.3, 0.4) is 0 Å². The van der Waals surface area contributed by atoms with Gasteiger partial charge >= 0.3 is 0 Å². The second kappa shape index (κ2) is 9.43. The molecule has 0 aliphatic heterocycles. The number of hydrogen-bond acceptors (Lipinski definition) is 5. The summed E-state index contributed by atoms with van der Waals surface area (Å²) in [6.07, 6.45) is 3.37. The van der Waals surface area contributed by atoms with E-state index in [1.807, 2.05) is 56.3 Å². The summed E-state index contributed by atoms with van der Waals surface area (Å²) in [5, 5.41) is 7.12. The smallest absolute Gasteiger partial charge is 0.291 e. The lowest BCUT2D eigenvalue weighted by Gasteiger charge is -2.10. The molecular weight excluding hydrogens is 406 g/mol. The lowest BCUT2D eigenvalue weighted by molar-refractivity contribution is 0.0992. The van der Waals surface area contributed by atoms with Gasteiger partial charge in [0.15, 0.2) is 5.76 Å². The lowest BCUT2D eigenvalue weighted by Crippen LogP contribution is -2.10. The van der Waals surface area contributed by atoms with Crippen LogP contribution in [0.25, 0.3) is 0 Å². The van der Waals surface area contributed by atoms with Crippen LogP contribution in [0.2, 0.25) is 0 Å². The Morgan fingerprint density at radius 2 is 1.88 bits per heavy atom. The first-order chi connectivity index (χ1) is 15.5. The Kier molecular flexibility index (Phi) is 6.26. The Balaban J connectivity index is 1.35. The molecular formula is C25H25N3O4. The minimum absolute atomic E-state index is 0.214. The van der Waals surface area contributed by atoms with Crippen molar-refractivity contribution in [3.05, 3.63) is 95.2 Å². The molecule has 0 fully saturated rings. The number of carbonyl (C=O) groups excluding carboxylic acids is 1. The Morgan fingerprint density at radius 1 is 1.09 bits per heavy atom. The molecule has 0 radical (unpaired) electrons. The van der Waals surface area contributed by atoms with E-state index in [0.29, 0.717) is 18.0 Å². The van der Waals surface area contributed by atoms with E-state index in [1.165, 1.54) is 0 Å². The Hall–Kier alpha value is -4.00. The van der Waals surface area contributed by atoms with E-state index in [1.54, 1.807) is 36.3 Å². The van der Waals surface area contributed by atoms with Crippen LogP contribution in [0.5, 0.6) is 11.5 Å². The van der Waals surface area contributed by atoms with Crippen molar-refractivity contribution >= 4 is 11.6 Å². The first kappa shape index (κ1) is 21.2. The monoisotopic (exact) mass is 431 g/mol. The first-order valence-corrected chi connectivity index (χ1v) is 10.3. The molecule has 0 aliphatic rings. The fourth-order valence-electron chi connectivity index (χ4n) is 3.41. The average Bonchev–Trinajstić information content (AvgIpc) is 3.43. The molecule has 4 rings (SSSR count). The first-order valence-electron chi connectivity index (χ1n) is 10.3. The van der Waals surface area contributed by atoms with Gasteiger partial charge in [0.1, 0.15) is 23.9 Å². The van der Waals surface area contributed by atoms with Gasteiger partial charge < -0.3 is 19.2 Å². The van der Waals surface area contributed by atoms with Crippen LogP contribution in [0.4, 0.5) is 5.69 Å². The van der Waals surface area contributed by atoms with Crippen molar-refractivity contribution in [3.8, 4) is 11.5 Å². The van der Waals surface area contributed by atoms with Crippen molar-refractivity contribution in [2.45, 2.75) is 27.0 Å². The summed E-state index contributed by atoms with van der Waals surface area (Å²) in [7, 11) is 1.64. The van der Waals surface area contributed by atoms with Crippen molar-refractivity contribution < 1.29 is 18.7 Å². The molecule has 2 aromatic heterocycles. The molecule has 0 saturated carbocycles. The average molecular weight is 431 g/mol. The van der Waals surface area contributed by atoms with Crippen molar-refractivity contribution in [1.82, 2.24) is 9.78 Å². The molecule has 0 bridgehead atoms. The number of hydrogen-bond donors (Lipinski definition) is 1. The van der Waals surface area contributed by atoms with E-state index >= 15 is 0 Å². The molecule has 0 aliphatic carbocycles. The third-order valence-corrected chi connectivity index (χ3v) is 5.02. The number of aromatic nitrogens is 2. The zero-order valence-corrected chi connectivity index (χ0v) is 18.3. The number of rotatable bonds is 8. The zero-order valence-electron chi connectivity index (χ0n) is 18.3. The molecule has 7 heteroatoms. The summed E-state index contributed by atoms with van der Waals surface area (Å²) in [5.74, 6) is 2.07. The highest BCUT2D eigenvalue weighted by atomic mass is 16.5. The van der Waals surface area contributed by atoms with Gasteiger partial charge in [-0.05, 0) is 54.8 Å². The third kappa shape index (κ3) is 5.00. The number of aryl methyl sites for hydroxylation is 2. The number of anilines is 1. The Bertz CT molecular complexity index is 1210. The number of amides is 1. The molecule has 7 nitrogen and oxygen atoms in total. The summed E-state index contributed by atoms with van der Waals surface area (Å²) >= 11 is 0. The van der Waals surface area contributed by atoms with Gasteiger partial charge in [-0.3, -0.25) is 9.48 Å². The highest BCUT2D eigenvalue weighted by molar-refractivity contribution is 6.02. The zero-order chi connectivity index (χ0) is 22.5. The van der Waals surface area contributed by atoms with Gasteiger partial charge in [0.05, 0.1) is 25.5 Å². The lowest BCUT2D eigenvalue weighted by atomic mass is 10.1. The third-order valence-electron chi connectivity index (χ3n) is 5.02. The molecule has 2 aromatic carbocycles. The SMILES string of the molecule is COc1cccc(Cn2cc(NC(=O)c3ccc(COc4c(C)cccc4C)o3)cn2)c1. The molecule has 4 aromatic rings. The number of furan rings is 1. The number of nitrogens with zero attached hydrogens (tertiary/aromatic N) is 2. The van der Waals surface area contributed by atoms with Gasteiger partial charge in [-0.15, -0.1) is 0 Å². The quantitative estimate of drug-likeness (QED) is 0.426. The summed E-state index contributed by atoms with van der Waals surface area (Å²) in [5.41, 5.74) is 3.74. The number of nitrogens with one attached hydrogen (secondary N) is 1. The fraction of sp³-hybridized carbons (Fsp3) is 0.200. The Morgan fingerprint density at radius 3 is 2.66 bits per heavy atom. The van der Waals surface area contributed by atoms with Crippen LogP contribution in [-0.2, 0) is 13.2 Å². The summed E-state index contributed by atoms with van der Waals surface area (Å²) in [6, 6.07) is 17.1. The van der Waals surface area contributed by atoms with Crippen molar-refractivity contribution in [2.75, 3.05) is 12.4 Å². The van der Waals surface area contributed by atoms with Gasteiger partial charge in [0, 0.05) is 6.20 Å². The highest BCUT2D eigenvalue weighted by Gasteiger charge is 2.14. The van der Waals surface area contributed by atoms with Gasteiger partial charge in [-0.2, -0.15) is 5.10 Å². The van der Waals surface area contributed by atoms with E-state index < -0.39 is 0 Å². The van der Waals surface area contributed by atoms with Crippen molar-refractivity contribution in [2.24, 2.45) is 0 Å². The number of ether oxygens (including phenoxy) is 2. The van der Waals surface area contributed by atoms with Crippen LogP contribution in [0, 0.1) is 13.8 Å². The second-order valence-corrected chi connectivity index (χ2v) is 7.51. The van der Waals surface area contributed by atoms with Crippen LogP contribution >= 0.6 is 0 Å². The van der Waals surface area contributed by atoms with E-state index in [-0.39, 0.29) is 18.3 Å². The molecule has 0 unspecified atom stereocenters. The number of para-hydroxylation sites is 1. The maximum atomic E-state index is 12.6. The van der Waals surface area contributed by atoms with E-state index in [0.717, 1.165) is 28.2 Å². The van der Waals surface area contributed by atoms with Crippen LogP contribution in [-0.4, -0.2) is 22.8 Å². The van der Waals surface area contributed by atoms with Gasteiger partial charge in [0.25, 0.3) is 5.91 Å². The molecule has 0 atom stereocenters. The molecule has 2 heterocycles. The van der Waals surface area contributed by atoms with Crippen LogP contribution < -0.4 is 14.8 Å². The van der Waals surface area contributed by atoms with E-state index in [2.05, 4.69) is 10.4 Å². The van der Waals surface area contributed by atoms with Gasteiger partial charge in [0.2, 0.25) is 0 Å². The normalized spacial score (nSPS) is 10.7. The maximum Gasteiger partial charge on any atom is 0.291 e. The molecule has 0 saturated heterocycles. The number of carbonyl (C=O) groups is 1. The number of methoxy groups -OCH3 is 1. The summed E-state index contributed by atoms with van der Waals surface area (Å²) < 4.78 is 18.6. The van der Waals surface area contributed by atoms with Crippen molar-refractivity contribution in [3.63, 3.8) is 0 Å². The van der Waals surface area contributed by atoms with Crippen LogP contribution in [0.15, 0.2) is 71.4 Å². The van der Waals surface area contributed by atoms with E-state index in [9.17, 15) is 4.79 Å². The van der Waals surface area contributed by atoms with Crippen molar-refractivity contribution in [1.29, 1.82) is 0 Å². The standard InChI is InChI=1S/C25H25N3O4/c1-17-6-4-7-18(2)24(17)31-16-22-10-11-23(32-22)25(29)27-20-13-26-28(15-20)14-19-8-5-9-21(12-19)30-3/h4-13,15H,14,16H2,1-3H3,(H,27,29). The molecule has 1 N–H and O–H groups in total. The van der Waals surface area contributed by atoms with Crippen LogP contribution in [0.1, 0.15) is 33.0 Å². The van der Waals surface area contributed by atoms with Gasteiger partial charge in [-0.1, -0.05) is 30.3 Å². The molecule has 0 spiro atoms. The predicted octanol–water partition coefficient (Wildman–Crippen LogP) is 4.98. The fourth-order valence-corrected chi connectivity index (χ4v) is 3.41. The van der Waals surface area contributed by atoms with E-state index in [4.69, 9.17) is 13.9 Å². The minimum Gasteiger partial charge on any atom is -0.497 e. The maximum absolute atomic E-state index is 12.6. The summed E-state index contributed by atoms with van der Waals surface area (Å²) in [4.78, 5) is 12.6. The second-order valence-electron chi connectivity index (χ2n) is 7.51. The molecule has 164 valence electrons. The largest absolute Gasteiger partial charge is 0.497 e. The number of benzene rings is 2. The predicted molar refractivity (Wildman–Crippen MR) is 121 cm³/mol. The molecule has 1 amide bonds. The molecule has 32 heavy (non-hydrogen) atoms. The highest BCUT2D eigenvalue weighted by Crippen LogP contribution is 2.24.